The van der Waals surface area contributed by atoms with E-state index in [4.69, 9.17) is 0 Å². The van der Waals surface area contributed by atoms with Crippen LogP contribution in [0, 0.1) is 0 Å². The molecule has 3 heterocycles. The molecule has 3 rings (SSSR count). The molecule has 136 valence electrons. The molecule has 0 aromatic carbocycles. The Morgan fingerprint density at radius 3 is 2.52 bits per heavy atom. The zero-order chi connectivity index (χ0) is 18.0. The highest BCUT2D eigenvalue weighted by Crippen LogP contribution is 2.19. The Labute approximate surface area is 147 Å². The molecule has 25 heavy (non-hydrogen) atoms. The van der Waals surface area contributed by atoms with E-state index in [9.17, 15) is 18.0 Å². The predicted molar refractivity (Wildman–Crippen MR) is 93.2 cm³/mol. The van der Waals surface area contributed by atoms with Crippen molar-refractivity contribution in [2.75, 3.05) is 49.6 Å². The molecular weight excluding hydrogens is 344 g/mol. The molecule has 1 atom stereocenters. The summed E-state index contributed by atoms with van der Waals surface area (Å²) in [5, 5.41) is 0. The first kappa shape index (κ1) is 17.7. The van der Waals surface area contributed by atoms with Crippen LogP contribution in [0.2, 0.25) is 0 Å². The molecule has 0 radical (unpaired) electrons. The maximum atomic E-state index is 12.5. The molecule has 2 aliphatic rings. The largest absolute Gasteiger partial charge is 0.353 e. The van der Waals surface area contributed by atoms with Crippen molar-refractivity contribution in [1.82, 2.24) is 14.8 Å². The topological polar surface area (TPSA) is 90.9 Å². The van der Waals surface area contributed by atoms with Crippen molar-refractivity contribution in [3.05, 3.63) is 23.9 Å². The van der Waals surface area contributed by atoms with Gasteiger partial charge in [-0.2, -0.15) is 0 Å². The summed E-state index contributed by atoms with van der Waals surface area (Å²) in [5.74, 6) is 0.723. The van der Waals surface area contributed by atoms with E-state index in [1.54, 1.807) is 24.1 Å². The molecule has 0 spiro atoms. The Bertz CT molecular complexity index is 742. The molecule has 2 saturated heterocycles. The van der Waals surface area contributed by atoms with Crippen molar-refractivity contribution < 1.29 is 18.0 Å². The van der Waals surface area contributed by atoms with Gasteiger partial charge in [-0.1, -0.05) is 0 Å². The number of carbonyl (C=O) groups is 2. The van der Waals surface area contributed by atoms with Gasteiger partial charge in [-0.15, -0.1) is 0 Å². The summed E-state index contributed by atoms with van der Waals surface area (Å²) in [4.78, 5) is 33.0. The SMILES string of the molecule is CN(C(=O)c1ccc(N2CCN(C=O)CC2)nc1)C1CCS(=O)(=O)C1. The van der Waals surface area contributed by atoms with Crippen LogP contribution in [0.15, 0.2) is 18.3 Å². The third kappa shape index (κ3) is 3.92. The number of aromatic nitrogens is 1. The van der Waals surface area contributed by atoms with Gasteiger partial charge in [0.25, 0.3) is 5.91 Å². The Morgan fingerprint density at radius 2 is 2.00 bits per heavy atom. The second-order valence-corrected chi connectivity index (χ2v) is 8.74. The zero-order valence-corrected chi connectivity index (χ0v) is 15.0. The molecule has 1 aromatic rings. The summed E-state index contributed by atoms with van der Waals surface area (Å²) in [6, 6.07) is 3.24. The number of hydrogen-bond acceptors (Lipinski definition) is 6. The van der Waals surface area contributed by atoms with E-state index in [2.05, 4.69) is 9.88 Å². The molecular formula is C16H22N4O4S. The number of rotatable bonds is 4. The van der Waals surface area contributed by atoms with Crippen molar-refractivity contribution in [3.63, 3.8) is 0 Å². The van der Waals surface area contributed by atoms with Crippen LogP contribution in [0.4, 0.5) is 5.82 Å². The van der Waals surface area contributed by atoms with Crippen LogP contribution >= 0.6 is 0 Å². The summed E-state index contributed by atoms with van der Waals surface area (Å²) in [7, 11) is -1.39. The third-order valence-corrected chi connectivity index (χ3v) is 6.61. The van der Waals surface area contributed by atoms with Crippen molar-refractivity contribution in [2.24, 2.45) is 0 Å². The fourth-order valence-corrected chi connectivity index (χ4v) is 4.98. The number of pyridine rings is 1. The first-order valence-corrected chi connectivity index (χ1v) is 10.1. The highest BCUT2D eigenvalue weighted by Gasteiger charge is 2.33. The van der Waals surface area contributed by atoms with Gasteiger partial charge >= 0.3 is 0 Å². The van der Waals surface area contributed by atoms with Gasteiger partial charge in [0.05, 0.1) is 17.1 Å². The minimum absolute atomic E-state index is 0.0295. The van der Waals surface area contributed by atoms with E-state index < -0.39 is 9.84 Å². The van der Waals surface area contributed by atoms with Crippen molar-refractivity contribution in [1.29, 1.82) is 0 Å². The van der Waals surface area contributed by atoms with Crippen LogP contribution in [0.1, 0.15) is 16.8 Å². The summed E-state index contributed by atoms with van der Waals surface area (Å²) < 4.78 is 23.2. The molecule has 0 bridgehead atoms. The van der Waals surface area contributed by atoms with E-state index in [0.29, 0.717) is 38.2 Å². The first-order chi connectivity index (χ1) is 11.9. The molecule has 1 unspecified atom stereocenters. The molecule has 2 aliphatic heterocycles. The molecule has 0 aliphatic carbocycles. The van der Waals surface area contributed by atoms with Crippen LogP contribution in [-0.4, -0.2) is 86.3 Å². The fraction of sp³-hybridized carbons (Fsp3) is 0.562. The van der Waals surface area contributed by atoms with Crippen molar-refractivity contribution in [3.8, 4) is 0 Å². The summed E-state index contributed by atoms with van der Waals surface area (Å²) in [5.41, 5.74) is 0.446. The second-order valence-electron chi connectivity index (χ2n) is 6.51. The van der Waals surface area contributed by atoms with Gasteiger partial charge in [0.1, 0.15) is 5.82 Å². The highest BCUT2D eigenvalue weighted by atomic mass is 32.2. The van der Waals surface area contributed by atoms with Gasteiger partial charge in [-0.3, -0.25) is 9.59 Å². The molecule has 9 heteroatoms. The van der Waals surface area contributed by atoms with E-state index in [1.807, 2.05) is 0 Å². The molecule has 1 aromatic heterocycles. The molecule has 0 saturated carbocycles. The maximum absolute atomic E-state index is 12.5. The van der Waals surface area contributed by atoms with E-state index in [1.165, 1.54) is 11.1 Å². The standard InChI is InChI=1S/C16H22N4O4S/c1-18(14-4-9-25(23,24)11-14)16(22)13-2-3-15(17-10-13)20-7-5-19(12-21)6-8-20/h2-3,10,12,14H,4-9,11H2,1H3. The molecule has 0 N–H and O–H groups in total. The fourth-order valence-electron chi connectivity index (χ4n) is 3.21. The zero-order valence-electron chi connectivity index (χ0n) is 14.2. The Morgan fingerprint density at radius 1 is 1.28 bits per heavy atom. The first-order valence-electron chi connectivity index (χ1n) is 8.27. The molecule has 2 fully saturated rings. The smallest absolute Gasteiger partial charge is 0.255 e. The van der Waals surface area contributed by atoms with Crippen LogP contribution in [0.5, 0.6) is 0 Å². The van der Waals surface area contributed by atoms with Gasteiger partial charge in [0.15, 0.2) is 9.84 Å². The second kappa shape index (κ2) is 6.99. The van der Waals surface area contributed by atoms with Crippen molar-refractivity contribution in [2.45, 2.75) is 12.5 Å². The number of amides is 2. The summed E-state index contributed by atoms with van der Waals surface area (Å²) >= 11 is 0. The van der Waals surface area contributed by atoms with E-state index in [-0.39, 0.29) is 23.5 Å². The molecule has 2 amide bonds. The Hall–Kier alpha value is -2.16. The summed E-state index contributed by atoms with van der Waals surface area (Å²) in [6.45, 7) is 2.73. The van der Waals surface area contributed by atoms with Gasteiger partial charge in [0, 0.05) is 45.5 Å². The predicted octanol–water partition coefficient (Wildman–Crippen LogP) is -0.381. The van der Waals surface area contributed by atoms with E-state index >= 15 is 0 Å². The average Bonchev–Trinajstić information content (AvgIpc) is 3.00. The maximum Gasteiger partial charge on any atom is 0.255 e. The van der Waals surface area contributed by atoms with Crippen LogP contribution in [0.25, 0.3) is 0 Å². The number of sulfone groups is 1. The number of nitrogens with zero attached hydrogens (tertiary/aromatic N) is 4. The van der Waals surface area contributed by atoms with Crippen molar-refractivity contribution >= 4 is 28.0 Å². The minimum atomic E-state index is -3.03. The van der Waals surface area contributed by atoms with Gasteiger partial charge in [-0.25, -0.2) is 13.4 Å². The highest BCUT2D eigenvalue weighted by molar-refractivity contribution is 7.91. The lowest BCUT2D eigenvalue weighted by atomic mass is 10.2. The van der Waals surface area contributed by atoms with Crippen LogP contribution in [0.3, 0.4) is 0 Å². The average molecular weight is 366 g/mol. The number of carbonyl (C=O) groups excluding carboxylic acids is 2. The van der Waals surface area contributed by atoms with Gasteiger partial charge in [-0.05, 0) is 18.6 Å². The van der Waals surface area contributed by atoms with Gasteiger partial charge < -0.3 is 14.7 Å². The Balaban J connectivity index is 1.64. The third-order valence-electron chi connectivity index (χ3n) is 4.86. The lowest BCUT2D eigenvalue weighted by molar-refractivity contribution is -0.118. The van der Waals surface area contributed by atoms with Crippen LogP contribution < -0.4 is 4.90 Å². The summed E-state index contributed by atoms with van der Waals surface area (Å²) in [6.07, 6.45) is 2.87. The lowest BCUT2D eigenvalue weighted by Gasteiger charge is -2.33. The Kier molecular flexibility index (Phi) is 4.94. The van der Waals surface area contributed by atoms with E-state index in [0.717, 1.165) is 12.2 Å². The number of anilines is 1. The monoisotopic (exact) mass is 366 g/mol. The number of hydrogen-bond donors (Lipinski definition) is 0. The van der Waals surface area contributed by atoms with Gasteiger partial charge in [0.2, 0.25) is 6.41 Å². The molecule has 8 nitrogen and oxygen atoms in total. The minimum Gasteiger partial charge on any atom is -0.353 e. The lowest BCUT2D eigenvalue weighted by Crippen LogP contribution is -2.46. The van der Waals surface area contributed by atoms with Crippen LogP contribution in [-0.2, 0) is 14.6 Å². The quantitative estimate of drug-likeness (QED) is 0.675. The normalized spacial score (nSPS) is 22.7. The number of piperazine rings is 1.